The van der Waals surface area contributed by atoms with Crippen molar-refractivity contribution in [3.05, 3.63) is 35.9 Å². The Balaban J connectivity index is 0.000000385. The molecule has 0 aromatic heterocycles. The standard InChI is InChI=1S/C8H9NO2.AsH3O4/c9-7(8(10)11)6-4-2-1-3-5-6;2-1(3,4)5/h1-5,7H,9H2,(H,10,11);(H3,2,3,4,5). The van der Waals surface area contributed by atoms with E-state index in [0.717, 1.165) is 0 Å². The van der Waals surface area contributed by atoms with Crippen LogP contribution in [0.4, 0.5) is 0 Å². The molecule has 8 heteroatoms. The number of rotatable bonds is 2. The van der Waals surface area contributed by atoms with Gasteiger partial charge in [0, 0.05) is 0 Å². The molecule has 7 nitrogen and oxygen atoms in total. The van der Waals surface area contributed by atoms with Crippen LogP contribution >= 0.6 is 0 Å². The number of nitrogens with two attached hydrogens (primary N) is 1. The van der Waals surface area contributed by atoms with Gasteiger partial charge in [-0.3, -0.25) is 4.79 Å². The first kappa shape index (κ1) is 14.9. The Morgan fingerprint density at radius 2 is 1.56 bits per heavy atom. The van der Waals surface area contributed by atoms with E-state index >= 15 is 0 Å². The van der Waals surface area contributed by atoms with E-state index in [1.54, 1.807) is 24.3 Å². The van der Waals surface area contributed by atoms with Gasteiger partial charge in [0.25, 0.3) is 0 Å². The normalized spacial score (nSPS) is 12.2. The summed E-state index contributed by atoms with van der Waals surface area (Å²) in [6.07, 6.45) is 0. The molecule has 6 N–H and O–H groups in total. The van der Waals surface area contributed by atoms with Crippen molar-refractivity contribution in [3.8, 4) is 0 Å². The summed E-state index contributed by atoms with van der Waals surface area (Å²) in [7, 11) is 0. The van der Waals surface area contributed by atoms with Gasteiger partial charge in [-0.2, -0.15) is 0 Å². The fourth-order valence-corrected chi connectivity index (χ4v) is 0.803. The van der Waals surface area contributed by atoms with Gasteiger partial charge in [-0.05, 0) is 5.56 Å². The van der Waals surface area contributed by atoms with Crippen molar-refractivity contribution in [2.75, 3.05) is 0 Å². The molecule has 1 unspecified atom stereocenters. The maximum atomic E-state index is 10.4. The van der Waals surface area contributed by atoms with Crippen molar-refractivity contribution in [2.45, 2.75) is 6.04 Å². The first-order valence-electron chi connectivity index (χ1n) is 4.03. The number of carbonyl (C=O) groups is 1. The van der Waals surface area contributed by atoms with Crippen molar-refractivity contribution in [1.82, 2.24) is 0 Å². The van der Waals surface area contributed by atoms with E-state index < -0.39 is 26.5 Å². The van der Waals surface area contributed by atoms with Gasteiger partial charge >= 0.3 is 36.5 Å². The molecule has 0 aliphatic rings. The minimum absolute atomic E-state index is 0.625. The topological polar surface area (TPSA) is 141 Å². The van der Waals surface area contributed by atoms with Crippen LogP contribution < -0.4 is 5.73 Å². The molecule has 0 spiro atoms. The zero-order chi connectivity index (χ0) is 12.8. The molecule has 1 rings (SSSR count). The Morgan fingerprint density at radius 3 is 1.88 bits per heavy atom. The fourth-order valence-electron chi connectivity index (χ4n) is 0.803. The van der Waals surface area contributed by atoms with E-state index in [1.807, 2.05) is 6.07 Å². The molecule has 90 valence electrons. The molecule has 16 heavy (non-hydrogen) atoms. The second kappa shape index (κ2) is 6.47. The number of benzene rings is 1. The summed E-state index contributed by atoms with van der Waals surface area (Å²) in [6.45, 7) is 0. The van der Waals surface area contributed by atoms with Crippen LogP contribution in [0.25, 0.3) is 0 Å². The number of aliphatic carboxylic acids is 1. The zero-order valence-corrected chi connectivity index (χ0v) is 9.97. The van der Waals surface area contributed by atoms with Crippen LogP contribution in [-0.4, -0.2) is 37.9 Å². The van der Waals surface area contributed by atoms with Gasteiger partial charge in [0.15, 0.2) is 0 Å². The third-order valence-corrected chi connectivity index (χ3v) is 1.42. The summed E-state index contributed by atoms with van der Waals surface area (Å²) in [5, 5.41) is 8.51. The van der Waals surface area contributed by atoms with Gasteiger partial charge in [0.1, 0.15) is 6.04 Å². The summed E-state index contributed by atoms with van der Waals surface area (Å²) in [5.41, 5.74) is 5.96. The van der Waals surface area contributed by atoms with Crippen LogP contribution in [0, 0.1) is 0 Å². The zero-order valence-electron chi connectivity index (χ0n) is 8.09. The molecule has 0 aliphatic heterocycles. The Hall–Kier alpha value is -1.11. The van der Waals surface area contributed by atoms with Gasteiger partial charge in [0.05, 0.1) is 0 Å². The van der Waals surface area contributed by atoms with Crippen LogP contribution in [0.15, 0.2) is 30.3 Å². The molecule has 0 aliphatic carbocycles. The molecule has 0 bridgehead atoms. The number of hydrogen-bond donors (Lipinski definition) is 5. The van der Waals surface area contributed by atoms with E-state index in [4.69, 9.17) is 26.9 Å². The number of carboxylic acid groups (broad SMARTS) is 1. The molecule has 1 aromatic carbocycles. The molecular formula is C8H12AsNO6. The molecule has 0 fully saturated rings. The quantitative estimate of drug-likeness (QED) is 0.422. The van der Waals surface area contributed by atoms with Crippen LogP contribution in [-0.2, 0) is 8.53 Å². The molecule has 0 saturated heterocycles. The summed E-state index contributed by atoms with van der Waals surface area (Å²) in [6, 6.07) is 7.82. The second-order valence-corrected chi connectivity index (χ2v) is 4.89. The van der Waals surface area contributed by atoms with Crippen molar-refractivity contribution in [3.63, 3.8) is 0 Å². The molecule has 0 saturated carbocycles. The van der Waals surface area contributed by atoms with Crippen LogP contribution in [0.5, 0.6) is 0 Å². The van der Waals surface area contributed by atoms with Crippen LogP contribution in [0.3, 0.4) is 0 Å². The average molecular weight is 293 g/mol. The van der Waals surface area contributed by atoms with E-state index in [0.29, 0.717) is 5.56 Å². The molecule has 0 radical (unpaired) electrons. The maximum absolute atomic E-state index is 10.4. The number of carboxylic acids is 1. The predicted octanol–water partition coefficient (Wildman–Crippen LogP) is -1.40. The van der Waals surface area contributed by atoms with Crippen molar-refractivity contribution in [2.24, 2.45) is 5.73 Å². The summed E-state index contributed by atoms with van der Waals surface area (Å²) >= 11 is -5.12. The second-order valence-electron chi connectivity index (χ2n) is 2.74. The van der Waals surface area contributed by atoms with Crippen molar-refractivity contribution < 1.29 is 25.9 Å². The van der Waals surface area contributed by atoms with E-state index in [9.17, 15) is 4.79 Å². The molecule has 1 aromatic rings. The summed E-state index contributed by atoms with van der Waals surface area (Å²) < 4.78 is 30.7. The first-order valence-corrected chi connectivity index (χ1v) is 7.32. The monoisotopic (exact) mass is 293 g/mol. The number of hydrogen-bond acceptors (Lipinski definition) is 3. The minimum atomic E-state index is -5.12. The average Bonchev–Trinajstić information content (AvgIpc) is 2.15. The van der Waals surface area contributed by atoms with Crippen molar-refractivity contribution in [1.29, 1.82) is 0 Å². The SMILES string of the molecule is NC(C(=O)O)c1ccccc1.O=[As](O)(O)O. The molecule has 1 atom stereocenters. The van der Waals surface area contributed by atoms with Gasteiger partial charge in [0.2, 0.25) is 0 Å². The van der Waals surface area contributed by atoms with E-state index in [-0.39, 0.29) is 0 Å². The Bertz CT molecular complexity index is 367. The summed E-state index contributed by atoms with van der Waals surface area (Å²) in [5.74, 6) is -1.00. The van der Waals surface area contributed by atoms with Gasteiger partial charge in [-0.1, -0.05) is 30.3 Å². The third kappa shape index (κ3) is 8.22. The van der Waals surface area contributed by atoms with Crippen LogP contribution in [0.1, 0.15) is 11.6 Å². The Labute approximate surface area is 94.5 Å². The van der Waals surface area contributed by atoms with Crippen LogP contribution in [0.2, 0.25) is 0 Å². The molecule has 0 heterocycles. The Morgan fingerprint density at radius 1 is 1.19 bits per heavy atom. The summed E-state index contributed by atoms with van der Waals surface area (Å²) in [4.78, 5) is 10.4. The Kier molecular flexibility index (Phi) is 6.02. The first-order chi connectivity index (χ1) is 7.22. The van der Waals surface area contributed by atoms with Gasteiger partial charge in [-0.15, -0.1) is 0 Å². The molecule has 0 amide bonds. The van der Waals surface area contributed by atoms with Crippen molar-refractivity contribution >= 4 is 20.5 Å². The molecular weight excluding hydrogens is 281 g/mol. The van der Waals surface area contributed by atoms with E-state index in [1.165, 1.54) is 0 Å². The predicted molar refractivity (Wildman–Crippen MR) is 54.1 cm³/mol. The van der Waals surface area contributed by atoms with E-state index in [2.05, 4.69) is 0 Å². The van der Waals surface area contributed by atoms with Gasteiger partial charge in [-0.25, -0.2) is 0 Å². The third-order valence-electron chi connectivity index (χ3n) is 1.42. The fraction of sp³-hybridized carbons (Fsp3) is 0.125. The van der Waals surface area contributed by atoms with Gasteiger partial charge < -0.3 is 10.8 Å².